The van der Waals surface area contributed by atoms with Crippen LogP contribution >= 0.6 is 0 Å². The molecule has 0 saturated carbocycles. The zero-order valence-electron chi connectivity index (χ0n) is 15.6. The molecule has 1 amide bonds. The minimum absolute atomic E-state index is 0.142. The number of hydrazine groups is 1. The van der Waals surface area contributed by atoms with Crippen LogP contribution < -0.4 is 5.43 Å². The summed E-state index contributed by atoms with van der Waals surface area (Å²) in [6, 6.07) is 0. The van der Waals surface area contributed by atoms with E-state index in [1.807, 2.05) is 6.92 Å². The number of carbonyl (C=O) groups excluding carboxylic acids is 1. The summed E-state index contributed by atoms with van der Waals surface area (Å²) in [5.41, 5.74) is 2.36. The number of nitrogens with one attached hydrogen (secondary N) is 1. The van der Waals surface area contributed by atoms with E-state index < -0.39 is 0 Å². The molecular weight excluding hydrogens is 288 g/mol. The maximum Gasteiger partial charge on any atom is 0.233 e. The molecule has 0 aromatic carbocycles. The van der Waals surface area contributed by atoms with Gasteiger partial charge in [0.05, 0.1) is 0 Å². The van der Waals surface area contributed by atoms with Crippen molar-refractivity contribution in [3.8, 4) is 0 Å². The summed E-state index contributed by atoms with van der Waals surface area (Å²) in [6.07, 6.45) is 18.1. The number of rotatable bonds is 17. The predicted octanol–water partition coefficient (Wildman–Crippen LogP) is 5.71. The lowest BCUT2D eigenvalue weighted by Crippen LogP contribution is -2.38. The summed E-state index contributed by atoms with van der Waals surface area (Å²) in [4.78, 5) is 11.5. The molecule has 0 radical (unpaired) electrons. The molecule has 0 aromatic heterocycles. The molecule has 0 rings (SSSR count). The molecule has 0 fully saturated rings. The predicted molar refractivity (Wildman–Crippen MR) is 98.8 cm³/mol. The SMILES string of the molecule is CCCCCCCCCCCCCCCC(=O)NN([O-])CCC. The standard InChI is InChI=1S/C19H39N2O2/c1-3-5-6-7-8-9-10-11-12-13-14-15-16-17-19(22)20-21(23)18-4-2/h3-18H2,1-2H3,(H,20,22)/q-1. The summed E-state index contributed by atoms with van der Waals surface area (Å²) in [7, 11) is 0. The van der Waals surface area contributed by atoms with E-state index in [4.69, 9.17) is 0 Å². The first-order chi connectivity index (χ1) is 11.2. The molecule has 23 heavy (non-hydrogen) atoms. The highest BCUT2D eigenvalue weighted by atomic mass is 16.5. The Balaban J connectivity index is 3.17. The normalized spacial score (nSPS) is 11.1. The summed E-state index contributed by atoms with van der Waals surface area (Å²) in [5.74, 6) is -0.142. The molecule has 0 aliphatic carbocycles. The maximum absolute atomic E-state index is 11.5. The Morgan fingerprint density at radius 2 is 1.17 bits per heavy atom. The quantitative estimate of drug-likeness (QED) is 0.275. The Hall–Kier alpha value is -0.610. The van der Waals surface area contributed by atoms with Gasteiger partial charge in [0.2, 0.25) is 5.91 Å². The Bertz CT molecular complexity index is 260. The van der Waals surface area contributed by atoms with Crippen molar-refractivity contribution in [2.75, 3.05) is 6.54 Å². The van der Waals surface area contributed by atoms with Crippen LogP contribution in [0.5, 0.6) is 0 Å². The van der Waals surface area contributed by atoms with Crippen molar-refractivity contribution in [1.82, 2.24) is 10.6 Å². The number of unbranched alkanes of at least 4 members (excludes halogenated alkanes) is 12. The molecule has 0 bridgehead atoms. The Morgan fingerprint density at radius 3 is 1.61 bits per heavy atom. The number of hydrogen-bond donors (Lipinski definition) is 1. The number of hydrogen-bond acceptors (Lipinski definition) is 3. The van der Waals surface area contributed by atoms with Gasteiger partial charge in [0.25, 0.3) is 0 Å². The highest BCUT2D eigenvalue weighted by molar-refractivity contribution is 5.75. The third kappa shape index (κ3) is 17.6. The summed E-state index contributed by atoms with van der Waals surface area (Å²) in [5, 5.41) is 11.8. The number of nitrogens with zero attached hydrogens (tertiary/aromatic N) is 1. The molecule has 0 aromatic rings. The van der Waals surface area contributed by atoms with E-state index in [-0.39, 0.29) is 5.91 Å². The first-order valence-corrected chi connectivity index (χ1v) is 9.94. The molecule has 0 heterocycles. The van der Waals surface area contributed by atoms with E-state index in [2.05, 4.69) is 12.3 Å². The minimum atomic E-state index is -0.142. The van der Waals surface area contributed by atoms with Gasteiger partial charge < -0.3 is 10.6 Å². The van der Waals surface area contributed by atoms with Crippen molar-refractivity contribution in [2.24, 2.45) is 0 Å². The van der Waals surface area contributed by atoms with Gasteiger partial charge in [-0.25, -0.2) is 0 Å². The van der Waals surface area contributed by atoms with Crippen molar-refractivity contribution in [3.05, 3.63) is 5.21 Å². The average Bonchev–Trinajstić information content (AvgIpc) is 2.52. The molecule has 0 aliphatic rings. The molecule has 0 unspecified atom stereocenters. The van der Waals surface area contributed by atoms with Crippen LogP contribution in [0.4, 0.5) is 0 Å². The monoisotopic (exact) mass is 327 g/mol. The number of hydroxylamine groups is 1. The molecule has 0 spiro atoms. The Kier molecular flexibility index (Phi) is 17.3. The van der Waals surface area contributed by atoms with Crippen LogP contribution in [0.25, 0.3) is 0 Å². The second-order valence-electron chi connectivity index (χ2n) is 6.63. The molecule has 0 aliphatic heterocycles. The summed E-state index contributed by atoms with van der Waals surface area (Å²) < 4.78 is 0. The molecule has 1 N–H and O–H groups in total. The van der Waals surface area contributed by atoms with E-state index in [0.717, 1.165) is 19.3 Å². The summed E-state index contributed by atoms with van der Waals surface area (Å²) >= 11 is 0. The highest BCUT2D eigenvalue weighted by Crippen LogP contribution is 2.12. The van der Waals surface area contributed by atoms with Crippen molar-refractivity contribution < 1.29 is 4.79 Å². The fraction of sp³-hybridized carbons (Fsp3) is 0.947. The summed E-state index contributed by atoms with van der Waals surface area (Å²) in [6.45, 7) is 4.55. The van der Waals surface area contributed by atoms with Crippen molar-refractivity contribution in [1.29, 1.82) is 0 Å². The van der Waals surface area contributed by atoms with Gasteiger partial charge in [0.15, 0.2) is 0 Å². The van der Waals surface area contributed by atoms with Gasteiger partial charge in [-0.15, -0.1) is 0 Å². The van der Waals surface area contributed by atoms with Gasteiger partial charge in [-0.3, -0.25) is 9.97 Å². The molecule has 4 nitrogen and oxygen atoms in total. The lowest BCUT2D eigenvalue weighted by atomic mass is 10.0. The van der Waals surface area contributed by atoms with Gasteiger partial charge in [-0.2, -0.15) is 0 Å². The van der Waals surface area contributed by atoms with Crippen LogP contribution in [0.3, 0.4) is 0 Å². The second-order valence-corrected chi connectivity index (χ2v) is 6.63. The first kappa shape index (κ1) is 22.4. The van der Waals surface area contributed by atoms with Gasteiger partial charge in [-0.1, -0.05) is 90.9 Å². The van der Waals surface area contributed by atoms with Crippen LogP contribution in [0.2, 0.25) is 0 Å². The maximum atomic E-state index is 11.5. The average molecular weight is 328 g/mol. The smallest absolute Gasteiger partial charge is 0.233 e. The fourth-order valence-electron chi connectivity index (χ4n) is 2.76. The van der Waals surface area contributed by atoms with E-state index >= 15 is 0 Å². The van der Waals surface area contributed by atoms with Crippen LogP contribution in [-0.4, -0.2) is 17.6 Å². The highest BCUT2D eigenvalue weighted by Gasteiger charge is 2.01. The van der Waals surface area contributed by atoms with Crippen molar-refractivity contribution >= 4 is 5.91 Å². The molecule has 4 heteroatoms. The van der Waals surface area contributed by atoms with E-state index in [9.17, 15) is 10.0 Å². The minimum Gasteiger partial charge on any atom is -0.767 e. The van der Waals surface area contributed by atoms with Crippen LogP contribution in [0, 0.1) is 5.21 Å². The fourth-order valence-corrected chi connectivity index (χ4v) is 2.76. The Labute approximate surface area is 143 Å². The van der Waals surface area contributed by atoms with Crippen molar-refractivity contribution in [3.63, 3.8) is 0 Å². The van der Waals surface area contributed by atoms with Crippen LogP contribution in [-0.2, 0) is 4.79 Å². The lowest BCUT2D eigenvalue weighted by Gasteiger charge is -2.27. The molecule has 0 atom stereocenters. The zero-order chi connectivity index (χ0) is 17.2. The largest absolute Gasteiger partial charge is 0.767 e. The van der Waals surface area contributed by atoms with Gasteiger partial charge in [0.1, 0.15) is 0 Å². The number of amides is 1. The van der Waals surface area contributed by atoms with Gasteiger partial charge in [0, 0.05) is 13.0 Å². The second kappa shape index (κ2) is 17.7. The van der Waals surface area contributed by atoms with Gasteiger partial charge >= 0.3 is 0 Å². The van der Waals surface area contributed by atoms with Gasteiger partial charge in [-0.05, 0) is 12.8 Å². The third-order valence-electron chi connectivity index (χ3n) is 4.18. The zero-order valence-corrected chi connectivity index (χ0v) is 15.6. The van der Waals surface area contributed by atoms with E-state index in [0.29, 0.717) is 18.1 Å². The lowest BCUT2D eigenvalue weighted by molar-refractivity contribution is -0.124. The Morgan fingerprint density at radius 1 is 0.739 bits per heavy atom. The van der Waals surface area contributed by atoms with Crippen LogP contribution in [0.15, 0.2) is 0 Å². The number of carbonyl (C=O) groups is 1. The van der Waals surface area contributed by atoms with Crippen molar-refractivity contribution in [2.45, 2.75) is 110 Å². The molecular formula is C19H39N2O2-. The topological polar surface area (TPSA) is 55.4 Å². The van der Waals surface area contributed by atoms with E-state index in [1.165, 1.54) is 70.6 Å². The van der Waals surface area contributed by atoms with Crippen LogP contribution in [0.1, 0.15) is 110 Å². The molecule has 138 valence electrons. The first-order valence-electron chi connectivity index (χ1n) is 9.94. The third-order valence-corrected chi connectivity index (χ3v) is 4.18. The van der Waals surface area contributed by atoms with E-state index in [1.54, 1.807) is 0 Å². The molecule has 0 saturated heterocycles.